The molecule has 1 aromatic rings. The van der Waals surface area contributed by atoms with E-state index in [1.165, 1.54) is 7.11 Å². The molecule has 2 bridgehead atoms. The van der Waals surface area contributed by atoms with Crippen LogP contribution in [0.1, 0.15) is 64.7 Å². The van der Waals surface area contributed by atoms with Gasteiger partial charge in [0, 0.05) is 5.46 Å². The summed E-state index contributed by atoms with van der Waals surface area (Å²) in [5, 5.41) is 0. The Kier molecular flexibility index (Phi) is 4.79. The molecule has 1 aliphatic heterocycles. The van der Waals surface area contributed by atoms with Gasteiger partial charge >= 0.3 is 13.1 Å². The smallest absolute Gasteiger partial charge is 0.496 e. The zero-order valence-electron chi connectivity index (χ0n) is 18.6. The van der Waals surface area contributed by atoms with Crippen LogP contribution in [0.15, 0.2) is 6.07 Å². The van der Waals surface area contributed by atoms with Crippen molar-refractivity contribution in [2.24, 2.45) is 17.3 Å². The number of ether oxygens (including phenoxy) is 2. The van der Waals surface area contributed by atoms with Crippen LogP contribution in [-0.4, -0.2) is 37.5 Å². The van der Waals surface area contributed by atoms with E-state index in [4.69, 9.17) is 18.8 Å². The third-order valence-corrected chi connectivity index (χ3v) is 7.21. The molecule has 30 heavy (non-hydrogen) atoms. The monoisotopic (exact) mass is 422 g/mol. The van der Waals surface area contributed by atoms with Crippen molar-refractivity contribution < 1.29 is 32.4 Å². The lowest BCUT2D eigenvalue weighted by Crippen LogP contribution is -2.65. The molecule has 0 spiro atoms. The van der Waals surface area contributed by atoms with Crippen molar-refractivity contribution in [2.75, 3.05) is 7.11 Å². The van der Waals surface area contributed by atoms with Crippen LogP contribution < -0.4 is 10.2 Å². The first-order valence-corrected chi connectivity index (χ1v) is 10.4. The van der Waals surface area contributed by atoms with Crippen molar-refractivity contribution in [1.82, 2.24) is 0 Å². The van der Waals surface area contributed by atoms with Gasteiger partial charge in [0.05, 0.1) is 18.8 Å². The Hall–Kier alpha value is -1.67. The number of halogens is 2. The molecule has 1 aromatic carbocycles. The van der Waals surface area contributed by atoms with Gasteiger partial charge < -0.3 is 18.8 Å². The molecule has 0 N–H and O–H groups in total. The minimum absolute atomic E-state index is 0.123. The average molecular weight is 422 g/mol. The fourth-order valence-electron chi connectivity index (χ4n) is 5.53. The van der Waals surface area contributed by atoms with Crippen LogP contribution in [0.25, 0.3) is 0 Å². The molecule has 5 rings (SSSR count). The standard InChI is InChI=1S/C22H29BF2O5/c1-20(2,3)28-19(26)16-17(25)13(24)10-12(18(16)27-7)23-29-15-9-11-8-14(21(11,4)5)22(15,6)30-23/h10-11,14-15H,8-9H2,1-7H3/t11-,14-,15+,22-/m0/s1. The maximum atomic E-state index is 14.6. The van der Waals surface area contributed by atoms with Gasteiger partial charge in [-0.25, -0.2) is 13.6 Å². The van der Waals surface area contributed by atoms with Gasteiger partial charge in [-0.15, -0.1) is 0 Å². The van der Waals surface area contributed by atoms with Crippen LogP contribution in [0.5, 0.6) is 5.75 Å². The summed E-state index contributed by atoms with van der Waals surface area (Å²) in [4.78, 5) is 12.6. The Bertz CT molecular complexity index is 896. The van der Waals surface area contributed by atoms with Crippen LogP contribution in [0, 0.1) is 28.9 Å². The fraction of sp³-hybridized carbons (Fsp3) is 0.682. The highest BCUT2D eigenvalue weighted by Gasteiger charge is 2.68. The Morgan fingerprint density at radius 3 is 2.47 bits per heavy atom. The molecule has 1 saturated heterocycles. The van der Waals surface area contributed by atoms with Crippen LogP contribution in [-0.2, 0) is 14.0 Å². The number of rotatable bonds is 3. The molecule has 0 radical (unpaired) electrons. The largest absolute Gasteiger partial charge is 0.498 e. The number of carbonyl (C=O) groups excluding carboxylic acids is 1. The average Bonchev–Trinajstić information content (AvgIpc) is 2.98. The highest BCUT2D eigenvalue weighted by Crippen LogP contribution is 2.65. The molecule has 4 atom stereocenters. The summed E-state index contributed by atoms with van der Waals surface area (Å²) in [6.07, 6.45) is 1.76. The second-order valence-electron chi connectivity index (χ2n) is 10.5. The van der Waals surface area contributed by atoms with Crippen LogP contribution in [0.3, 0.4) is 0 Å². The first-order chi connectivity index (χ1) is 13.8. The quantitative estimate of drug-likeness (QED) is 0.547. The molecular weight excluding hydrogens is 393 g/mol. The highest BCUT2D eigenvalue weighted by atomic mass is 19.2. The molecule has 3 aliphatic carbocycles. The number of hydrogen-bond donors (Lipinski definition) is 0. The van der Waals surface area contributed by atoms with Crippen molar-refractivity contribution >= 4 is 18.6 Å². The summed E-state index contributed by atoms with van der Waals surface area (Å²) in [5.74, 6) is -2.75. The molecule has 164 valence electrons. The number of hydrogen-bond acceptors (Lipinski definition) is 5. The first kappa shape index (κ1) is 21.6. The Morgan fingerprint density at radius 1 is 1.23 bits per heavy atom. The summed E-state index contributed by atoms with van der Waals surface area (Å²) < 4.78 is 52.3. The summed E-state index contributed by atoms with van der Waals surface area (Å²) in [6.45, 7) is 11.5. The zero-order chi connectivity index (χ0) is 22.2. The third-order valence-electron chi connectivity index (χ3n) is 7.21. The Balaban J connectivity index is 1.73. The first-order valence-electron chi connectivity index (χ1n) is 10.4. The minimum atomic E-state index is -1.31. The van der Waals surface area contributed by atoms with E-state index in [-0.39, 0.29) is 22.7 Å². The second kappa shape index (κ2) is 6.66. The van der Waals surface area contributed by atoms with Crippen LogP contribution >= 0.6 is 0 Å². The van der Waals surface area contributed by atoms with E-state index >= 15 is 0 Å². The lowest BCUT2D eigenvalue weighted by atomic mass is 9.43. The predicted molar refractivity (Wildman–Crippen MR) is 108 cm³/mol. The molecule has 0 unspecified atom stereocenters. The number of methoxy groups -OCH3 is 1. The van der Waals surface area contributed by atoms with Gasteiger partial charge in [0.2, 0.25) is 0 Å². The van der Waals surface area contributed by atoms with E-state index in [0.717, 1.165) is 18.9 Å². The fourth-order valence-corrected chi connectivity index (χ4v) is 5.53. The van der Waals surface area contributed by atoms with Gasteiger partial charge in [-0.3, -0.25) is 0 Å². The Morgan fingerprint density at radius 2 is 1.90 bits per heavy atom. The van der Waals surface area contributed by atoms with Crippen molar-refractivity contribution in [3.8, 4) is 5.75 Å². The molecule has 5 nitrogen and oxygen atoms in total. The maximum Gasteiger partial charge on any atom is 0.498 e. The van der Waals surface area contributed by atoms with E-state index in [1.807, 2.05) is 6.92 Å². The van der Waals surface area contributed by atoms with Crippen molar-refractivity contribution in [1.29, 1.82) is 0 Å². The van der Waals surface area contributed by atoms with E-state index in [2.05, 4.69) is 13.8 Å². The topological polar surface area (TPSA) is 54.0 Å². The van der Waals surface area contributed by atoms with Crippen molar-refractivity contribution in [3.05, 3.63) is 23.3 Å². The van der Waals surface area contributed by atoms with Gasteiger partial charge in [-0.05, 0) is 63.9 Å². The zero-order valence-corrected chi connectivity index (χ0v) is 18.6. The second-order valence-corrected chi connectivity index (χ2v) is 10.5. The van der Waals surface area contributed by atoms with Gasteiger partial charge in [0.15, 0.2) is 11.6 Å². The van der Waals surface area contributed by atoms with E-state index < -0.39 is 41.5 Å². The van der Waals surface area contributed by atoms with E-state index in [9.17, 15) is 13.6 Å². The molecular formula is C22H29BF2O5. The summed E-state index contributed by atoms with van der Waals surface area (Å²) in [6, 6.07) is 0.989. The molecule has 3 saturated carbocycles. The van der Waals surface area contributed by atoms with Gasteiger partial charge in [-0.2, -0.15) is 0 Å². The van der Waals surface area contributed by atoms with Gasteiger partial charge in [-0.1, -0.05) is 13.8 Å². The highest BCUT2D eigenvalue weighted by molar-refractivity contribution is 6.63. The molecule has 8 heteroatoms. The van der Waals surface area contributed by atoms with Crippen molar-refractivity contribution in [2.45, 2.75) is 71.7 Å². The summed E-state index contributed by atoms with van der Waals surface area (Å²) >= 11 is 0. The molecule has 0 amide bonds. The summed E-state index contributed by atoms with van der Waals surface area (Å²) in [5.41, 5.74) is -1.70. The van der Waals surface area contributed by atoms with Crippen LogP contribution in [0.4, 0.5) is 8.78 Å². The van der Waals surface area contributed by atoms with Gasteiger partial charge in [0.1, 0.15) is 16.9 Å². The molecule has 4 fully saturated rings. The molecule has 1 heterocycles. The van der Waals surface area contributed by atoms with Crippen molar-refractivity contribution in [3.63, 3.8) is 0 Å². The number of carbonyl (C=O) groups is 1. The predicted octanol–water partition coefficient (Wildman–Crippen LogP) is 3.86. The summed E-state index contributed by atoms with van der Waals surface area (Å²) in [7, 11) is 0.342. The number of benzene rings is 1. The van der Waals surface area contributed by atoms with E-state index in [0.29, 0.717) is 11.8 Å². The maximum absolute atomic E-state index is 14.6. The molecule has 4 aliphatic rings. The van der Waals surface area contributed by atoms with Crippen LogP contribution in [0.2, 0.25) is 0 Å². The normalized spacial score (nSPS) is 31.8. The minimum Gasteiger partial charge on any atom is -0.496 e. The van der Waals surface area contributed by atoms with Gasteiger partial charge in [0.25, 0.3) is 0 Å². The lowest BCUT2D eigenvalue weighted by molar-refractivity contribution is -0.199. The molecule has 0 aromatic heterocycles. The Labute approximate surface area is 176 Å². The lowest BCUT2D eigenvalue weighted by Gasteiger charge is -2.64. The third kappa shape index (κ3) is 3.06. The van der Waals surface area contributed by atoms with E-state index in [1.54, 1.807) is 20.8 Å². The number of esters is 1. The SMILES string of the molecule is COc1c(B2O[C@@H]3C[C@@H]4C[C@@H](C4(C)C)[C@]3(C)O2)cc(F)c(F)c1C(=O)OC(C)(C)C.